The second-order valence-electron chi connectivity index (χ2n) is 6.78. The number of amides is 2. The first-order valence-electron chi connectivity index (χ1n) is 9.34. The Kier molecular flexibility index (Phi) is 5.96. The van der Waals surface area contributed by atoms with E-state index >= 15 is 0 Å². The van der Waals surface area contributed by atoms with Crippen LogP contribution in [0.15, 0.2) is 59.6 Å². The maximum absolute atomic E-state index is 13.0. The molecule has 0 spiro atoms. The van der Waals surface area contributed by atoms with Crippen molar-refractivity contribution in [2.45, 2.75) is 6.42 Å². The molecule has 1 fully saturated rings. The lowest BCUT2D eigenvalue weighted by Crippen LogP contribution is -2.40. The maximum atomic E-state index is 13.0. The number of para-hydroxylation sites is 1. The Morgan fingerprint density at radius 3 is 2.77 bits per heavy atom. The number of fused-ring (bicyclic) bond motifs is 1. The highest BCUT2D eigenvalue weighted by Gasteiger charge is 2.33. The van der Waals surface area contributed by atoms with E-state index in [1.165, 1.54) is 17.0 Å². The predicted molar refractivity (Wildman–Crippen MR) is 121 cm³/mol. The lowest BCUT2D eigenvalue weighted by molar-refractivity contribution is -0.128. The zero-order valence-electron chi connectivity index (χ0n) is 15.9. The molecule has 152 valence electrons. The van der Waals surface area contributed by atoms with Crippen LogP contribution in [-0.2, 0) is 16.0 Å². The van der Waals surface area contributed by atoms with Gasteiger partial charge in [0.25, 0.3) is 5.91 Å². The number of thiocarbonyl (C=S) groups is 1. The zero-order valence-corrected chi connectivity index (χ0v) is 17.5. The smallest absolute Gasteiger partial charge is 0.266 e. The molecular formula is C22H18FN3O2S2. The highest BCUT2D eigenvalue weighted by Crippen LogP contribution is 2.32. The first-order valence-corrected chi connectivity index (χ1v) is 10.6. The van der Waals surface area contributed by atoms with E-state index < -0.39 is 0 Å². The fourth-order valence-corrected chi connectivity index (χ4v) is 4.48. The SMILES string of the molecule is O=C(CN1C(=O)C(=Cc2ccc(F)cc2)SC1=S)NCCc1c[nH]c2ccccc12. The van der Waals surface area contributed by atoms with Crippen LogP contribution >= 0.6 is 24.0 Å². The fourth-order valence-electron chi connectivity index (χ4n) is 3.22. The number of nitrogens with zero attached hydrogens (tertiary/aromatic N) is 1. The molecule has 0 bridgehead atoms. The standard InChI is InChI=1S/C22H18FN3O2S2/c23-16-7-5-14(6-8-16)11-19-21(28)26(22(29)30-19)13-20(27)24-10-9-15-12-25-18-4-2-1-3-17(15)18/h1-8,11-12,25H,9-10,13H2,(H,24,27). The summed E-state index contributed by atoms with van der Waals surface area (Å²) in [5.74, 6) is -0.931. The van der Waals surface area contributed by atoms with E-state index in [2.05, 4.69) is 10.3 Å². The van der Waals surface area contributed by atoms with E-state index in [4.69, 9.17) is 12.2 Å². The molecule has 2 aromatic carbocycles. The van der Waals surface area contributed by atoms with Crippen LogP contribution in [0.2, 0.25) is 0 Å². The number of aromatic nitrogens is 1. The minimum Gasteiger partial charge on any atom is -0.361 e. The summed E-state index contributed by atoms with van der Waals surface area (Å²) in [6, 6.07) is 13.8. The second-order valence-corrected chi connectivity index (χ2v) is 8.45. The van der Waals surface area contributed by atoms with Gasteiger partial charge in [-0.25, -0.2) is 4.39 Å². The molecule has 1 aliphatic rings. The molecule has 5 nitrogen and oxygen atoms in total. The van der Waals surface area contributed by atoms with Crippen LogP contribution < -0.4 is 5.32 Å². The monoisotopic (exact) mass is 439 g/mol. The van der Waals surface area contributed by atoms with Gasteiger partial charge in [-0.3, -0.25) is 14.5 Å². The van der Waals surface area contributed by atoms with Gasteiger partial charge in [-0.1, -0.05) is 54.3 Å². The van der Waals surface area contributed by atoms with Crippen molar-refractivity contribution < 1.29 is 14.0 Å². The number of aromatic amines is 1. The van der Waals surface area contributed by atoms with Crippen LogP contribution in [0, 0.1) is 5.82 Å². The van der Waals surface area contributed by atoms with Crippen molar-refractivity contribution in [3.8, 4) is 0 Å². The van der Waals surface area contributed by atoms with E-state index in [1.54, 1.807) is 18.2 Å². The van der Waals surface area contributed by atoms with Gasteiger partial charge in [0.1, 0.15) is 16.7 Å². The van der Waals surface area contributed by atoms with Gasteiger partial charge in [0.15, 0.2) is 0 Å². The van der Waals surface area contributed by atoms with Crippen molar-refractivity contribution in [1.82, 2.24) is 15.2 Å². The Bertz CT molecular complexity index is 1150. The summed E-state index contributed by atoms with van der Waals surface area (Å²) in [5.41, 5.74) is 2.88. The third-order valence-corrected chi connectivity index (χ3v) is 6.11. The number of H-pyrrole nitrogens is 1. The van der Waals surface area contributed by atoms with Crippen LogP contribution in [0.1, 0.15) is 11.1 Å². The molecule has 0 aliphatic carbocycles. The number of halogens is 1. The van der Waals surface area contributed by atoms with Crippen LogP contribution in [-0.4, -0.2) is 39.1 Å². The van der Waals surface area contributed by atoms with Crippen LogP contribution in [0.5, 0.6) is 0 Å². The largest absolute Gasteiger partial charge is 0.361 e. The van der Waals surface area contributed by atoms with E-state index in [0.717, 1.165) is 28.2 Å². The van der Waals surface area contributed by atoms with Gasteiger partial charge in [-0.2, -0.15) is 0 Å². The third-order valence-electron chi connectivity index (χ3n) is 4.73. The number of hydrogen-bond acceptors (Lipinski definition) is 4. The van der Waals surface area contributed by atoms with Gasteiger partial charge in [-0.05, 0) is 41.8 Å². The zero-order chi connectivity index (χ0) is 21.1. The van der Waals surface area contributed by atoms with Crippen molar-refractivity contribution in [2.24, 2.45) is 0 Å². The molecule has 3 aromatic rings. The van der Waals surface area contributed by atoms with Crippen molar-refractivity contribution in [3.05, 3.63) is 76.6 Å². The molecule has 0 saturated carbocycles. The molecule has 2 heterocycles. The van der Waals surface area contributed by atoms with Gasteiger partial charge in [-0.15, -0.1) is 0 Å². The van der Waals surface area contributed by atoms with Crippen molar-refractivity contribution in [2.75, 3.05) is 13.1 Å². The average Bonchev–Trinajstić information content (AvgIpc) is 3.26. The first-order chi connectivity index (χ1) is 14.5. The average molecular weight is 440 g/mol. The normalized spacial score (nSPS) is 15.4. The van der Waals surface area contributed by atoms with Gasteiger partial charge in [0.2, 0.25) is 5.91 Å². The molecule has 0 unspecified atom stereocenters. The molecule has 30 heavy (non-hydrogen) atoms. The van der Waals surface area contributed by atoms with Crippen LogP contribution in [0.4, 0.5) is 4.39 Å². The summed E-state index contributed by atoms with van der Waals surface area (Å²) in [7, 11) is 0. The highest BCUT2D eigenvalue weighted by atomic mass is 32.2. The molecule has 2 amide bonds. The molecular weight excluding hydrogens is 421 g/mol. The summed E-state index contributed by atoms with van der Waals surface area (Å²) in [6.07, 6.45) is 4.27. The summed E-state index contributed by atoms with van der Waals surface area (Å²) in [6.45, 7) is 0.334. The molecule has 4 rings (SSSR count). The number of hydrogen-bond donors (Lipinski definition) is 2. The topological polar surface area (TPSA) is 65.2 Å². The predicted octanol–water partition coefficient (Wildman–Crippen LogP) is 3.87. The van der Waals surface area contributed by atoms with Gasteiger partial charge in [0.05, 0.1) is 4.91 Å². The van der Waals surface area contributed by atoms with Crippen molar-refractivity contribution in [3.63, 3.8) is 0 Å². The quantitative estimate of drug-likeness (QED) is 0.452. The number of carbonyl (C=O) groups excluding carboxylic acids is 2. The van der Waals surface area contributed by atoms with E-state index in [-0.39, 0.29) is 24.2 Å². The minimum absolute atomic E-state index is 0.126. The van der Waals surface area contributed by atoms with Gasteiger partial charge >= 0.3 is 0 Å². The molecule has 2 N–H and O–H groups in total. The third kappa shape index (κ3) is 4.44. The highest BCUT2D eigenvalue weighted by molar-refractivity contribution is 8.26. The van der Waals surface area contributed by atoms with E-state index in [0.29, 0.717) is 27.8 Å². The van der Waals surface area contributed by atoms with Gasteiger partial charge in [0, 0.05) is 23.6 Å². The number of nitrogens with one attached hydrogen (secondary N) is 2. The van der Waals surface area contributed by atoms with Crippen molar-refractivity contribution in [1.29, 1.82) is 0 Å². The summed E-state index contributed by atoms with van der Waals surface area (Å²) >= 11 is 6.40. The number of benzene rings is 2. The summed E-state index contributed by atoms with van der Waals surface area (Å²) in [5, 5.41) is 3.98. The Labute approximate surface area is 182 Å². The lowest BCUT2D eigenvalue weighted by Gasteiger charge is -2.14. The van der Waals surface area contributed by atoms with Crippen LogP contribution in [0.3, 0.4) is 0 Å². The maximum Gasteiger partial charge on any atom is 0.266 e. The number of rotatable bonds is 6. The van der Waals surface area contributed by atoms with E-state index in [1.807, 2.05) is 30.5 Å². The van der Waals surface area contributed by atoms with Crippen molar-refractivity contribution >= 4 is 57.1 Å². The Hall–Kier alpha value is -2.97. The summed E-state index contributed by atoms with van der Waals surface area (Å²) in [4.78, 5) is 29.9. The first kappa shape index (κ1) is 20.3. The Morgan fingerprint density at radius 1 is 1.20 bits per heavy atom. The van der Waals surface area contributed by atoms with Crippen LogP contribution in [0.25, 0.3) is 17.0 Å². The molecule has 1 aromatic heterocycles. The Balaban J connectivity index is 1.33. The molecule has 8 heteroatoms. The second kappa shape index (κ2) is 8.81. The fraction of sp³-hybridized carbons (Fsp3) is 0.136. The van der Waals surface area contributed by atoms with Gasteiger partial charge < -0.3 is 10.3 Å². The summed E-state index contributed by atoms with van der Waals surface area (Å²) < 4.78 is 13.4. The number of carbonyl (C=O) groups is 2. The molecule has 0 radical (unpaired) electrons. The minimum atomic E-state index is -0.344. The lowest BCUT2D eigenvalue weighted by atomic mass is 10.1. The molecule has 1 aliphatic heterocycles. The Morgan fingerprint density at radius 2 is 1.97 bits per heavy atom. The molecule has 1 saturated heterocycles. The van der Waals surface area contributed by atoms with E-state index in [9.17, 15) is 14.0 Å². The molecule has 0 atom stereocenters. The number of thioether (sulfide) groups is 1.